The molecule has 0 N–H and O–H groups in total. The summed E-state index contributed by atoms with van der Waals surface area (Å²) in [6.07, 6.45) is 0. The number of hydrogen-bond acceptors (Lipinski definition) is 3. The molecule has 2 aromatic rings. The van der Waals surface area contributed by atoms with E-state index in [2.05, 4.69) is 4.74 Å². The summed E-state index contributed by atoms with van der Waals surface area (Å²) in [6, 6.07) is 10.2. The van der Waals surface area contributed by atoms with Crippen molar-refractivity contribution in [3.05, 3.63) is 42.0 Å². The Morgan fingerprint density at radius 3 is 2.43 bits per heavy atom. The van der Waals surface area contributed by atoms with Gasteiger partial charge in [-0.2, -0.15) is 0 Å². The number of methoxy groups -OCH3 is 1. The average molecular weight is 310 g/mol. The molecule has 0 aliphatic carbocycles. The topological polar surface area (TPSA) is 46.6 Å². The summed E-state index contributed by atoms with van der Waals surface area (Å²) in [5.74, 6) is -1.25. The molecule has 0 saturated carbocycles. The molecule has 0 radical (unpaired) electrons. The van der Waals surface area contributed by atoms with Crippen LogP contribution in [-0.4, -0.2) is 31.7 Å². The first-order valence-corrected chi connectivity index (χ1v) is 6.55. The molecule has 0 spiro atoms. The van der Waals surface area contributed by atoms with Crippen molar-refractivity contribution in [2.24, 2.45) is 0 Å². The summed E-state index contributed by atoms with van der Waals surface area (Å²) in [5.41, 5.74) is -1.12. The average Bonchev–Trinajstić information content (AvgIpc) is 2.51. The zero-order valence-corrected chi connectivity index (χ0v) is 12.2. The van der Waals surface area contributed by atoms with Gasteiger partial charge in [0.1, 0.15) is 0 Å². The Morgan fingerprint density at radius 2 is 1.81 bits per heavy atom. The van der Waals surface area contributed by atoms with Crippen molar-refractivity contribution < 1.29 is 18.7 Å². The molecule has 0 bridgehead atoms. The molecule has 0 aliphatic heterocycles. The van der Waals surface area contributed by atoms with Crippen molar-refractivity contribution in [1.82, 2.24) is 0 Å². The van der Waals surface area contributed by atoms with Crippen LogP contribution in [0.4, 0.5) is 10.1 Å². The van der Waals surface area contributed by atoms with Crippen molar-refractivity contribution in [2.75, 3.05) is 19.1 Å². The third kappa shape index (κ3) is 3.13. The van der Waals surface area contributed by atoms with Gasteiger partial charge in [0.25, 0.3) is 11.5 Å². The number of anilines is 1. The Hall–Kier alpha value is -2.14. The Bertz CT molecular complexity index is 702. The second-order valence-corrected chi connectivity index (χ2v) is 4.82. The lowest BCUT2D eigenvalue weighted by molar-refractivity contribution is -0.120. The van der Waals surface area contributed by atoms with Gasteiger partial charge in [0.15, 0.2) is 0 Å². The Labute approximate surface area is 126 Å². The lowest BCUT2D eigenvalue weighted by Crippen LogP contribution is -2.31. The quantitative estimate of drug-likeness (QED) is 0.646. The number of ether oxygens (including phenoxy) is 1. The van der Waals surface area contributed by atoms with E-state index in [-0.39, 0.29) is 0 Å². The number of rotatable bonds is 3. The number of carbonyl (C=O) groups is 2. The number of benzene rings is 2. The SMILES string of the molecule is COC(=O)c1ccc2cc(N(C)C(=O)C(F)Cl)ccc2c1. The van der Waals surface area contributed by atoms with Gasteiger partial charge in [0.2, 0.25) is 0 Å². The first-order chi connectivity index (χ1) is 9.93. The third-order valence-corrected chi connectivity index (χ3v) is 3.34. The maximum absolute atomic E-state index is 12.8. The summed E-state index contributed by atoms with van der Waals surface area (Å²) < 4.78 is 17.5. The molecule has 0 aromatic heterocycles. The van der Waals surface area contributed by atoms with Crippen molar-refractivity contribution in [3.63, 3.8) is 0 Å². The first-order valence-electron chi connectivity index (χ1n) is 6.12. The summed E-state index contributed by atoms with van der Waals surface area (Å²) >= 11 is 5.15. The molecule has 0 saturated heterocycles. The van der Waals surface area contributed by atoms with Gasteiger partial charge in [-0.3, -0.25) is 4.79 Å². The van der Waals surface area contributed by atoms with Crippen LogP contribution < -0.4 is 4.90 Å². The Balaban J connectivity index is 2.39. The van der Waals surface area contributed by atoms with Crippen LogP contribution in [-0.2, 0) is 9.53 Å². The minimum atomic E-state index is -2.08. The molecule has 1 unspecified atom stereocenters. The maximum atomic E-state index is 12.8. The van der Waals surface area contributed by atoms with Crippen LogP contribution in [0.1, 0.15) is 10.4 Å². The third-order valence-electron chi connectivity index (χ3n) is 3.15. The van der Waals surface area contributed by atoms with E-state index in [9.17, 15) is 14.0 Å². The number of amides is 1. The molecule has 1 atom stereocenters. The van der Waals surface area contributed by atoms with Crippen LogP contribution >= 0.6 is 11.6 Å². The standard InChI is InChI=1S/C15H13ClFNO3/c1-18(14(19)13(16)17)12-6-5-9-7-11(15(20)21-2)4-3-10(9)8-12/h3-8,13H,1-2H3. The van der Waals surface area contributed by atoms with Gasteiger partial charge in [0.05, 0.1) is 12.7 Å². The van der Waals surface area contributed by atoms with Crippen molar-refractivity contribution in [1.29, 1.82) is 0 Å². The Kier molecular flexibility index (Phi) is 4.43. The van der Waals surface area contributed by atoms with Crippen molar-refractivity contribution in [3.8, 4) is 0 Å². The molecule has 21 heavy (non-hydrogen) atoms. The highest BCUT2D eigenvalue weighted by molar-refractivity contribution is 6.31. The second kappa shape index (κ2) is 6.10. The zero-order valence-electron chi connectivity index (χ0n) is 11.5. The van der Waals surface area contributed by atoms with E-state index in [1.807, 2.05) is 0 Å². The highest BCUT2D eigenvalue weighted by Crippen LogP contribution is 2.24. The lowest BCUT2D eigenvalue weighted by Gasteiger charge is -2.17. The fraction of sp³-hybridized carbons (Fsp3) is 0.200. The molecule has 2 rings (SSSR count). The van der Waals surface area contributed by atoms with Crippen LogP contribution in [0.3, 0.4) is 0 Å². The van der Waals surface area contributed by atoms with Crippen LogP contribution in [0.2, 0.25) is 0 Å². The van der Waals surface area contributed by atoms with Crippen LogP contribution in [0, 0.1) is 0 Å². The number of carbonyl (C=O) groups excluding carboxylic acids is 2. The molecule has 110 valence electrons. The van der Waals surface area contributed by atoms with E-state index in [1.165, 1.54) is 14.2 Å². The molecule has 0 fully saturated rings. The van der Waals surface area contributed by atoms with Gasteiger partial charge in [-0.15, -0.1) is 0 Å². The lowest BCUT2D eigenvalue weighted by atomic mass is 10.1. The summed E-state index contributed by atoms with van der Waals surface area (Å²) in [7, 11) is 2.76. The minimum Gasteiger partial charge on any atom is -0.465 e. The molecular formula is C15H13ClFNO3. The van der Waals surface area contributed by atoms with Crippen LogP contribution in [0.15, 0.2) is 36.4 Å². The fourth-order valence-electron chi connectivity index (χ4n) is 1.96. The second-order valence-electron chi connectivity index (χ2n) is 4.44. The minimum absolute atomic E-state index is 0.421. The van der Waals surface area contributed by atoms with Gasteiger partial charge in [-0.1, -0.05) is 23.7 Å². The fourth-order valence-corrected chi connectivity index (χ4v) is 2.11. The monoisotopic (exact) mass is 309 g/mol. The van der Waals surface area contributed by atoms with Gasteiger partial charge >= 0.3 is 5.97 Å². The highest BCUT2D eigenvalue weighted by atomic mass is 35.5. The molecule has 0 aliphatic rings. The molecule has 4 nitrogen and oxygen atoms in total. The van der Waals surface area contributed by atoms with E-state index in [0.29, 0.717) is 11.3 Å². The van der Waals surface area contributed by atoms with Crippen LogP contribution in [0.5, 0.6) is 0 Å². The van der Waals surface area contributed by atoms with Crippen molar-refractivity contribution >= 4 is 39.9 Å². The molecular weight excluding hydrogens is 297 g/mol. The largest absolute Gasteiger partial charge is 0.465 e. The highest BCUT2D eigenvalue weighted by Gasteiger charge is 2.19. The van der Waals surface area contributed by atoms with Gasteiger partial charge < -0.3 is 9.64 Å². The van der Waals surface area contributed by atoms with Gasteiger partial charge in [0, 0.05) is 12.7 Å². The zero-order chi connectivity index (χ0) is 15.6. The number of fused-ring (bicyclic) bond motifs is 1. The number of halogens is 2. The van der Waals surface area contributed by atoms with E-state index < -0.39 is 17.5 Å². The number of esters is 1. The first kappa shape index (κ1) is 15.3. The smallest absolute Gasteiger partial charge is 0.337 e. The normalized spacial score (nSPS) is 12.0. The maximum Gasteiger partial charge on any atom is 0.337 e. The molecule has 2 aromatic carbocycles. The van der Waals surface area contributed by atoms with Gasteiger partial charge in [-0.05, 0) is 35.0 Å². The van der Waals surface area contributed by atoms with E-state index in [1.54, 1.807) is 36.4 Å². The summed E-state index contributed by atoms with van der Waals surface area (Å²) in [6.45, 7) is 0. The molecule has 1 amide bonds. The van der Waals surface area contributed by atoms with Gasteiger partial charge in [-0.25, -0.2) is 9.18 Å². The van der Waals surface area contributed by atoms with Crippen LogP contribution in [0.25, 0.3) is 10.8 Å². The van der Waals surface area contributed by atoms with E-state index in [4.69, 9.17) is 11.6 Å². The van der Waals surface area contributed by atoms with E-state index in [0.717, 1.165) is 15.7 Å². The summed E-state index contributed by atoms with van der Waals surface area (Å²) in [4.78, 5) is 24.1. The molecule has 6 heteroatoms. The number of alkyl halides is 2. The van der Waals surface area contributed by atoms with Crippen molar-refractivity contribution in [2.45, 2.75) is 5.63 Å². The Morgan fingerprint density at radius 1 is 1.19 bits per heavy atom. The number of hydrogen-bond donors (Lipinski definition) is 0. The van der Waals surface area contributed by atoms with E-state index >= 15 is 0 Å². The predicted octanol–water partition coefficient (Wildman–Crippen LogP) is 3.12. The summed E-state index contributed by atoms with van der Waals surface area (Å²) in [5, 5.41) is 1.62. The predicted molar refractivity (Wildman–Crippen MR) is 79.4 cm³/mol. The number of nitrogens with zero attached hydrogens (tertiary/aromatic N) is 1. The molecule has 0 heterocycles.